The molecule has 0 atom stereocenters. The Kier molecular flexibility index (Phi) is 3.11. The molecule has 1 saturated heterocycles. The van der Waals surface area contributed by atoms with Crippen LogP contribution in [0.25, 0.3) is 0 Å². The molecule has 1 aliphatic rings. The van der Waals surface area contributed by atoms with E-state index in [0.717, 1.165) is 29.5 Å². The van der Waals surface area contributed by atoms with Crippen molar-refractivity contribution in [2.75, 3.05) is 18.0 Å². The van der Waals surface area contributed by atoms with Crippen LogP contribution in [0.4, 0.5) is 5.69 Å². The van der Waals surface area contributed by atoms with E-state index in [1.165, 1.54) is 12.8 Å². The second-order valence-corrected chi connectivity index (χ2v) is 5.88. The Labute approximate surface area is 103 Å². The summed E-state index contributed by atoms with van der Waals surface area (Å²) in [5.74, 6) is 0. The Hall–Kier alpha value is -0.760. The minimum absolute atomic E-state index is 0.0145. The summed E-state index contributed by atoms with van der Waals surface area (Å²) < 4.78 is 0. The summed E-state index contributed by atoms with van der Waals surface area (Å²) in [6.45, 7) is 8.67. The molecule has 0 aromatic carbocycles. The standard InChI is InChI=1S/C13H19ClN2/c1-13(2,3)12-11(14)8-10(9-15-12)16-6-4-5-7-16/h8-9H,4-7H2,1-3H3. The van der Waals surface area contributed by atoms with E-state index in [1.807, 2.05) is 6.20 Å². The molecule has 1 aromatic heterocycles. The lowest BCUT2D eigenvalue weighted by Gasteiger charge is -2.22. The third-order valence-electron chi connectivity index (χ3n) is 3.01. The highest BCUT2D eigenvalue weighted by Gasteiger charge is 2.21. The van der Waals surface area contributed by atoms with Crippen molar-refractivity contribution in [3.63, 3.8) is 0 Å². The Morgan fingerprint density at radius 1 is 1.25 bits per heavy atom. The van der Waals surface area contributed by atoms with Crippen molar-refractivity contribution >= 4 is 17.3 Å². The Bertz CT molecular complexity index is 376. The van der Waals surface area contributed by atoms with E-state index in [4.69, 9.17) is 11.6 Å². The van der Waals surface area contributed by atoms with Gasteiger partial charge in [-0.3, -0.25) is 4.98 Å². The number of anilines is 1. The molecule has 0 unspecified atom stereocenters. The number of rotatable bonds is 1. The molecule has 0 spiro atoms. The van der Waals surface area contributed by atoms with Gasteiger partial charge in [0.2, 0.25) is 0 Å². The van der Waals surface area contributed by atoms with Crippen LogP contribution in [-0.4, -0.2) is 18.1 Å². The average Bonchev–Trinajstić information content (AvgIpc) is 2.68. The van der Waals surface area contributed by atoms with Crippen LogP contribution in [-0.2, 0) is 5.41 Å². The van der Waals surface area contributed by atoms with Crippen molar-refractivity contribution in [1.82, 2.24) is 4.98 Å². The summed E-state index contributed by atoms with van der Waals surface area (Å²) in [6.07, 6.45) is 4.51. The summed E-state index contributed by atoms with van der Waals surface area (Å²) in [4.78, 5) is 6.87. The van der Waals surface area contributed by atoms with Crippen molar-refractivity contribution in [2.24, 2.45) is 0 Å². The van der Waals surface area contributed by atoms with Gasteiger partial charge in [-0.05, 0) is 18.9 Å². The largest absolute Gasteiger partial charge is 0.370 e. The lowest BCUT2D eigenvalue weighted by atomic mass is 9.91. The summed E-state index contributed by atoms with van der Waals surface area (Å²) in [6, 6.07) is 2.06. The van der Waals surface area contributed by atoms with Gasteiger partial charge in [-0.25, -0.2) is 0 Å². The van der Waals surface area contributed by atoms with Crippen LogP contribution in [0, 0.1) is 0 Å². The van der Waals surface area contributed by atoms with E-state index in [9.17, 15) is 0 Å². The summed E-state index contributed by atoms with van der Waals surface area (Å²) in [5.41, 5.74) is 2.16. The van der Waals surface area contributed by atoms with Gasteiger partial charge in [0.25, 0.3) is 0 Å². The average molecular weight is 239 g/mol. The van der Waals surface area contributed by atoms with Gasteiger partial charge in [-0.2, -0.15) is 0 Å². The molecule has 2 nitrogen and oxygen atoms in total. The molecular weight excluding hydrogens is 220 g/mol. The van der Waals surface area contributed by atoms with Gasteiger partial charge < -0.3 is 4.90 Å². The maximum absolute atomic E-state index is 6.30. The van der Waals surface area contributed by atoms with Crippen molar-refractivity contribution in [2.45, 2.75) is 39.0 Å². The van der Waals surface area contributed by atoms with E-state index >= 15 is 0 Å². The molecule has 1 fully saturated rings. The highest BCUT2D eigenvalue weighted by Crippen LogP contribution is 2.31. The second kappa shape index (κ2) is 4.25. The highest BCUT2D eigenvalue weighted by molar-refractivity contribution is 6.31. The molecule has 2 heterocycles. The lowest BCUT2D eigenvalue weighted by Crippen LogP contribution is -2.19. The summed E-state index contributed by atoms with van der Waals surface area (Å²) >= 11 is 6.30. The fourth-order valence-electron chi connectivity index (χ4n) is 2.13. The van der Waals surface area contributed by atoms with Gasteiger partial charge in [0.15, 0.2) is 0 Å². The zero-order chi connectivity index (χ0) is 11.8. The van der Waals surface area contributed by atoms with Gasteiger partial charge in [0.05, 0.1) is 22.6 Å². The third kappa shape index (κ3) is 2.32. The quantitative estimate of drug-likeness (QED) is 0.743. The molecule has 0 radical (unpaired) electrons. The van der Waals surface area contributed by atoms with Gasteiger partial charge in [0, 0.05) is 18.5 Å². The number of nitrogens with zero attached hydrogens (tertiary/aromatic N) is 2. The number of pyridine rings is 1. The second-order valence-electron chi connectivity index (χ2n) is 5.47. The van der Waals surface area contributed by atoms with Gasteiger partial charge in [-0.15, -0.1) is 0 Å². The van der Waals surface area contributed by atoms with E-state index in [1.54, 1.807) is 0 Å². The topological polar surface area (TPSA) is 16.1 Å². The van der Waals surface area contributed by atoms with Crippen molar-refractivity contribution in [3.05, 3.63) is 23.0 Å². The molecule has 3 heteroatoms. The minimum Gasteiger partial charge on any atom is -0.370 e. The van der Waals surface area contributed by atoms with E-state index < -0.39 is 0 Å². The lowest BCUT2D eigenvalue weighted by molar-refractivity contribution is 0.569. The fraction of sp³-hybridized carbons (Fsp3) is 0.615. The first-order chi connectivity index (χ1) is 7.48. The van der Waals surface area contributed by atoms with Crippen molar-refractivity contribution in [1.29, 1.82) is 0 Å². The molecule has 1 aliphatic heterocycles. The summed E-state index contributed by atoms with van der Waals surface area (Å²) in [7, 11) is 0. The van der Waals surface area contributed by atoms with Gasteiger partial charge in [0.1, 0.15) is 0 Å². The van der Waals surface area contributed by atoms with Gasteiger partial charge >= 0.3 is 0 Å². The maximum atomic E-state index is 6.30. The minimum atomic E-state index is 0.0145. The fourth-order valence-corrected chi connectivity index (χ4v) is 2.57. The Morgan fingerprint density at radius 2 is 1.88 bits per heavy atom. The molecule has 0 bridgehead atoms. The molecule has 1 aromatic rings. The third-order valence-corrected chi connectivity index (χ3v) is 3.30. The van der Waals surface area contributed by atoms with E-state index in [-0.39, 0.29) is 5.41 Å². The van der Waals surface area contributed by atoms with E-state index in [0.29, 0.717) is 0 Å². The Morgan fingerprint density at radius 3 is 2.38 bits per heavy atom. The molecule has 88 valence electrons. The van der Waals surface area contributed by atoms with Crippen LogP contribution in [0.3, 0.4) is 0 Å². The first-order valence-electron chi connectivity index (χ1n) is 5.89. The molecule has 0 aliphatic carbocycles. The first kappa shape index (κ1) is 11.7. The first-order valence-corrected chi connectivity index (χ1v) is 6.27. The van der Waals surface area contributed by atoms with E-state index in [2.05, 4.69) is 36.7 Å². The number of hydrogen-bond donors (Lipinski definition) is 0. The normalized spacial score (nSPS) is 16.9. The van der Waals surface area contributed by atoms with Crippen molar-refractivity contribution < 1.29 is 0 Å². The number of hydrogen-bond acceptors (Lipinski definition) is 2. The number of aromatic nitrogens is 1. The van der Waals surface area contributed by atoms with Gasteiger partial charge in [-0.1, -0.05) is 32.4 Å². The van der Waals surface area contributed by atoms with Crippen LogP contribution >= 0.6 is 11.6 Å². The highest BCUT2D eigenvalue weighted by atomic mass is 35.5. The predicted octanol–water partition coefficient (Wildman–Crippen LogP) is 3.63. The molecule has 0 saturated carbocycles. The number of halogens is 1. The molecule has 16 heavy (non-hydrogen) atoms. The molecule has 0 amide bonds. The Balaban J connectivity index is 2.29. The smallest absolute Gasteiger partial charge is 0.0647 e. The van der Waals surface area contributed by atoms with Crippen LogP contribution in [0.15, 0.2) is 12.3 Å². The zero-order valence-corrected chi connectivity index (χ0v) is 11.0. The van der Waals surface area contributed by atoms with Crippen LogP contribution in [0.2, 0.25) is 5.02 Å². The summed E-state index contributed by atoms with van der Waals surface area (Å²) in [5, 5.41) is 0.789. The van der Waals surface area contributed by atoms with Crippen molar-refractivity contribution in [3.8, 4) is 0 Å². The SMILES string of the molecule is CC(C)(C)c1ncc(N2CCCC2)cc1Cl. The van der Waals surface area contributed by atoms with Crippen LogP contribution < -0.4 is 4.90 Å². The van der Waals surface area contributed by atoms with Crippen LogP contribution in [0.5, 0.6) is 0 Å². The molecule has 2 rings (SSSR count). The van der Waals surface area contributed by atoms with Crippen LogP contribution in [0.1, 0.15) is 39.3 Å². The zero-order valence-electron chi connectivity index (χ0n) is 10.3. The molecular formula is C13H19ClN2. The maximum Gasteiger partial charge on any atom is 0.0647 e. The monoisotopic (exact) mass is 238 g/mol. The predicted molar refractivity (Wildman–Crippen MR) is 69.4 cm³/mol. The molecule has 0 N–H and O–H groups in total.